The smallest absolute Gasteiger partial charge is 0.0596 e. The van der Waals surface area contributed by atoms with E-state index < -0.39 is 0 Å². The van der Waals surface area contributed by atoms with E-state index in [4.69, 9.17) is 4.74 Å². The standard InChI is InChI=1S/C15H34N2O/c1-14(2)13-16-9-7-6-8-10-17(5)11-12-18-15(3)4/h14-16H,6-13H2,1-5H3. The molecule has 0 radical (unpaired) electrons. The predicted octanol–water partition coefficient (Wildman–Crippen LogP) is 2.76. The predicted molar refractivity (Wildman–Crippen MR) is 80.1 cm³/mol. The molecule has 0 aromatic carbocycles. The van der Waals surface area contributed by atoms with Crippen LogP contribution >= 0.6 is 0 Å². The van der Waals surface area contributed by atoms with Gasteiger partial charge in [-0.15, -0.1) is 0 Å². The molecular formula is C15H34N2O. The highest BCUT2D eigenvalue weighted by atomic mass is 16.5. The van der Waals surface area contributed by atoms with Crippen LogP contribution in [-0.2, 0) is 4.74 Å². The number of hydrogen-bond donors (Lipinski definition) is 1. The minimum atomic E-state index is 0.352. The van der Waals surface area contributed by atoms with E-state index in [0.29, 0.717) is 6.10 Å². The van der Waals surface area contributed by atoms with Crippen molar-refractivity contribution in [2.24, 2.45) is 5.92 Å². The van der Waals surface area contributed by atoms with Gasteiger partial charge in [-0.25, -0.2) is 0 Å². The molecule has 0 unspecified atom stereocenters. The Kier molecular flexibility index (Phi) is 11.9. The molecule has 0 bridgehead atoms. The van der Waals surface area contributed by atoms with E-state index >= 15 is 0 Å². The highest BCUT2D eigenvalue weighted by molar-refractivity contribution is 4.55. The minimum absolute atomic E-state index is 0.352. The third kappa shape index (κ3) is 13.9. The van der Waals surface area contributed by atoms with E-state index in [1.54, 1.807) is 0 Å². The molecule has 0 saturated heterocycles. The van der Waals surface area contributed by atoms with Gasteiger partial charge in [-0.3, -0.25) is 0 Å². The SMILES string of the molecule is CC(C)CNCCCCCN(C)CCOC(C)C. The minimum Gasteiger partial charge on any atom is -0.377 e. The Balaban J connectivity index is 3.17. The molecule has 1 N–H and O–H groups in total. The number of hydrogen-bond acceptors (Lipinski definition) is 3. The van der Waals surface area contributed by atoms with E-state index in [2.05, 4.69) is 45.0 Å². The van der Waals surface area contributed by atoms with Crippen molar-refractivity contribution in [2.45, 2.75) is 53.1 Å². The lowest BCUT2D eigenvalue weighted by atomic mass is 10.2. The fourth-order valence-electron chi connectivity index (χ4n) is 1.76. The molecular weight excluding hydrogens is 224 g/mol. The fraction of sp³-hybridized carbons (Fsp3) is 1.00. The van der Waals surface area contributed by atoms with Crippen LogP contribution in [0, 0.1) is 5.92 Å². The molecule has 0 aliphatic rings. The normalized spacial score (nSPS) is 12.0. The largest absolute Gasteiger partial charge is 0.377 e. The molecule has 0 aliphatic carbocycles. The quantitative estimate of drug-likeness (QED) is 0.545. The van der Waals surface area contributed by atoms with Crippen molar-refractivity contribution in [1.29, 1.82) is 0 Å². The zero-order chi connectivity index (χ0) is 13.8. The molecule has 0 spiro atoms. The summed E-state index contributed by atoms with van der Waals surface area (Å²) >= 11 is 0. The van der Waals surface area contributed by atoms with Crippen LogP contribution in [-0.4, -0.2) is 50.8 Å². The van der Waals surface area contributed by atoms with Crippen molar-refractivity contribution < 1.29 is 4.74 Å². The van der Waals surface area contributed by atoms with E-state index in [1.807, 2.05) is 0 Å². The maximum atomic E-state index is 5.54. The number of rotatable bonds is 12. The van der Waals surface area contributed by atoms with Crippen molar-refractivity contribution in [2.75, 3.05) is 39.8 Å². The summed E-state index contributed by atoms with van der Waals surface area (Å²) in [6, 6.07) is 0. The van der Waals surface area contributed by atoms with Crippen LogP contribution in [0.25, 0.3) is 0 Å². The molecule has 0 heterocycles. The second kappa shape index (κ2) is 11.9. The fourth-order valence-corrected chi connectivity index (χ4v) is 1.76. The number of ether oxygens (including phenoxy) is 1. The summed E-state index contributed by atoms with van der Waals surface area (Å²) in [6.45, 7) is 14.1. The zero-order valence-electron chi connectivity index (χ0n) is 13.2. The van der Waals surface area contributed by atoms with E-state index in [9.17, 15) is 0 Å². The molecule has 3 nitrogen and oxygen atoms in total. The van der Waals surface area contributed by atoms with Crippen molar-refractivity contribution in [3.05, 3.63) is 0 Å². The highest BCUT2D eigenvalue weighted by Crippen LogP contribution is 1.98. The third-order valence-electron chi connectivity index (χ3n) is 2.87. The zero-order valence-corrected chi connectivity index (χ0v) is 13.2. The molecule has 0 rings (SSSR count). The lowest BCUT2D eigenvalue weighted by Gasteiger charge is -2.17. The van der Waals surface area contributed by atoms with Gasteiger partial charge in [0, 0.05) is 6.54 Å². The molecule has 3 heteroatoms. The van der Waals surface area contributed by atoms with Crippen LogP contribution in [0.2, 0.25) is 0 Å². The van der Waals surface area contributed by atoms with Gasteiger partial charge in [0.05, 0.1) is 12.7 Å². The molecule has 0 aromatic rings. The Bertz CT molecular complexity index is 172. The lowest BCUT2D eigenvalue weighted by molar-refractivity contribution is 0.0636. The Morgan fingerprint density at radius 2 is 1.72 bits per heavy atom. The number of unbranched alkanes of at least 4 members (excludes halogenated alkanes) is 2. The number of likely N-dealkylation sites (N-methyl/N-ethyl adjacent to an activating group) is 1. The summed E-state index contributed by atoms with van der Waals surface area (Å²) < 4.78 is 5.54. The van der Waals surface area contributed by atoms with Crippen LogP contribution in [0.15, 0.2) is 0 Å². The van der Waals surface area contributed by atoms with Crippen LogP contribution in [0.3, 0.4) is 0 Å². The van der Waals surface area contributed by atoms with Crippen LogP contribution in [0.5, 0.6) is 0 Å². The van der Waals surface area contributed by atoms with Gasteiger partial charge < -0.3 is 15.0 Å². The molecule has 0 aromatic heterocycles. The summed E-state index contributed by atoms with van der Waals surface area (Å²) in [5.74, 6) is 0.761. The van der Waals surface area contributed by atoms with Gasteiger partial charge in [0.2, 0.25) is 0 Å². The summed E-state index contributed by atoms with van der Waals surface area (Å²) in [4.78, 5) is 2.37. The van der Waals surface area contributed by atoms with Gasteiger partial charge in [-0.1, -0.05) is 20.3 Å². The van der Waals surface area contributed by atoms with Crippen LogP contribution in [0.1, 0.15) is 47.0 Å². The summed E-state index contributed by atoms with van der Waals surface area (Å²) in [6.07, 6.45) is 4.26. The topological polar surface area (TPSA) is 24.5 Å². The maximum absolute atomic E-state index is 5.54. The van der Waals surface area contributed by atoms with Gasteiger partial charge in [-0.05, 0) is 59.3 Å². The van der Waals surface area contributed by atoms with Gasteiger partial charge in [-0.2, -0.15) is 0 Å². The number of nitrogens with one attached hydrogen (secondary N) is 1. The molecule has 0 amide bonds. The van der Waals surface area contributed by atoms with E-state index in [-0.39, 0.29) is 0 Å². The molecule has 18 heavy (non-hydrogen) atoms. The maximum Gasteiger partial charge on any atom is 0.0596 e. The number of nitrogens with zero attached hydrogens (tertiary/aromatic N) is 1. The Labute approximate surface area is 114 Å². The average Bonchev–Trinajstić information content (AvgIpc) is 2.26. The Morgan fingerprint density at radius 1 is 1.00 bits per heavy atom. The first-order valence-electron chi connectivity index (χ1n) is 7.53. The van der Waals surface area contributed by atoms with Gasteiger partial charge in [0.1, 0.15) is 0 Å². The molecule has 0 aliphatic heterocycles. The van der Waals surface area contributed by atoms with Crippen molar-refractivity contribution in [3.8, 4) is 0 Å². The summed E-state index contributed by atoms with van der Waals surface area (Å²) in [5.41, 5.74) is 0. The molecule has 110 valence electrons. The first kappa shape index (κ1) is 17.9. The Hall–Kier alpha value is -0.120. The van der Waals surface area contributed by atoms with Crippen molar-refractivity contribution >= 4 is 0 Å². The first-order valence-corrected chi connectivity index (χ1v) is 7.53. The third-order valence-corrected chi connectivity index (χ3v) is 2.87. The van der Waals surface area contributed by atoms with Gasteiger partial charge in [0.15, 0.2) is 0 Å². The monoisotopic (exact) mass is 258 g/mol. The second-order valence-electron chi connectivity index (χ2n) is 5.88. The van der Waals surface area contributed by atoms with Crippen LogP contribution < -0.4 is 5.32 Å². The van der Waals surface area contributed by atoms with Gasteiger partial charge >= 0.3 is 0 Å². The Morgan fingerprint density at radius 3 is 2.33 bits per heavy atom. The molecule has 0 fully saturated rings. The first-order chi connectivity index (χ1) is 8.52. The lowest BCUT2D eigenvalue weighted by Crippen LogP contribution is -2.25. The molecule has 0 atom stereocenters. The van der Waals surface area contributed by atoms with E-state index in [0.717, 1.165) is 25.6 Å². The van der Waals surface area contributed by atoms with E-state index in [1.165, 1.54) is 32.4 Å². The van der Waals surface area contributed by atoms with Crippen molar-refractivity contribution in [1.82, 2.24) is 10.2 Å². The van der Waals surface area contributed by atoms with Crippen molar-refractivity contribution in [3.63, 3.8) is 0 Å². The summed E-state index contributed by atoms with van der Waals surface area (Å²) in [7, 11) is 2.18. The summed E-state index contributed by atoms with van der Waals surface area (Å²) in [5, 5.41) is 3.49. The van der Waals surface area contributed by atoms with Gasteiger partial charge in [0.25, 0.3) is 0 Å². The average molecular weight is 258 g/mol. The second-order valence-corrected chi connectivity index (χ2v) is 5.88. The van der Waals surface area contributed by atoms with Crippen LogP contribution in [0.4, 0.5) is 0 Å². The molecule has 0 saturated carbocycles. The highest BCUT2D eigenvalue weighted by Gasteiger charge is 1.99.